The number of carboxylic acids is 1. The molecule has 126 valence electrons. The molecule has 0 aliphatic carbocycles. The van der Waals surface area contributed by atoms with Crippen LogP contribution in [0.2, 0.25) is 5.02 Å². The zero-order valence-corrected chi connectivity index (χ0v) is 13.8. The van der Waals surface area contributed by atoms with Gasteiger partial charge < -0.3 is 15.1 Å². The molecule has 1 atom stereocenters. The molecular weight excluding hydrogens is 330 g/mol. The molecule has 1 unspecified atom stereocenters. The number of benzene rings is 1. The van der Waals surface area contributed by atoms with E-state index >= 15 is 0 Å². The number of aliphatic hydroxyl groups is 1. The molecule has 1 saturated heterocycles. The molecule has 0 radical (unpaired) electrons. The Morgan fingerprint density at radius 1 is 1.33 bits per heavy atom. The number of hydrogen-bond acceptors (Lipinski definition) is 5. The normalized spacial score (nSPS) is 17.8. The molecule has 0 bridgehead atoms. The lowest BCUT2D eigenvalue weighted by Crippen LogP contribution is -2.39. The van der Waals surface area contributed by atoms with E-state index in [0.717, 1.165) is 30.5 Å². The van der Waals surface area contributed by atoms with E-state index in [1.54, 1.807) is 30.6 Å². The van der Waals surface area contributed by atoms with Crippen LogP contribution in [-0.4, -0.2) is 45.3 Å². The lowest BCUT2D eigenvalue weighted by atomic mass is 10.1. The molecule has 7 heteroatoms. The number of aliphatic hydroxyl groups excluding tert-OH is 1. The number of piperidine rings is 1. The Morgan fingerprint density at radius 2 is 2.08 bits per heavy atom. The fraction of sp³-hybridized carbons (Fsp3) is 0.353. The zero-order chi connectivity index (χ0) is 17.1. The van der Waals surface area contributed by atoms with E-state index in [-0.39, 0.29) is 12.5 Å². The topological polar surface area (TPSA) is 86.5 Å². The van der Waals surface area contributed by atoms with Gasteiger partial charge in [-0.05, 0) is 24.5 Å². The number of aliphatic carboxylic acids is 1. The number of anilines is 1. The van der Waals surface area contributed by atoms with Gasteiger partial charge in [-0.2, -0.15) is 0 Å². The first-order valence-corrected chi connectivity index (χ1v) is 8.16. The number of nitrogens with zero attached hydrogens (tertiary/aromatic N) is 3. The van der Waals surface area contributed by atoms with Crippen LogP contribution in [0, 0.1) is 0 Å². The standard InChI is InChI=1S/C17H18ClN3O3/c18-15-6-11(7-16(23)24)3-4-14(15)12-8-19-17(20-9-12)21-5-1-2-13(22)10-21/h3-4,6,8-9,13,22H,1-2,5,7,10H2,(H,23,24). The van der Waals surface area contributed by atoms with Crippen molar-refractivity contribution in [3.8, 4) is 11.1 Å². The van der Waals surface area contributed by atoms with E-state index in [1.807, 2.05) is 4.90 Å². The highest BCUT2D eigenvalue weighted by Crippen LogP contribution is 2.29. The predicted molar refractivity (Wildman–Crippen MR) is 91.3 cm³/mol. The van der Waals surface area contributed by atoms with Crippen LogP contribution in [0.4, 0.5) is 5.95 Å². The summed E-state index contributed by atoms with van der Waals surface area (Å²) in [7, 11) is 0. The Kier molecular flexibility index (Phi) is 4.97. The van der Waals surface area contributed by atoms with Crippen LogP contribution in [0.1, 0.15) is 18.4 Å². The molecule has 0 saturated carbocycles. The van der Waals surface area contributed by atoms with Gasteiger partial charge in [0.1, 0.15) is 0 Å². The third-order valence-electron chi connectivity index (χ3n) is 4.02. The first-order valence-electron chi connectivity index (χ1n) is 7.78. The summed E-state index contributed by atoms with van der Waals surface area (Å²) in [6, 6.07) is 5.17. The van der Waals surface area contributed by atoms with E-state index in [9.17, 15) is 9.90 Å². The Bertz CT molecular complexity index is 736. The van der Waals surface area contributed by atoms with Crippen molar-refractivity contribution >= 4 is 23.5 Å². The first kappa shape index (κ1) is 16.7. The number of β-amino-alcohol motifs (C(OH)–C–C–N with tert-alkyl or cyclic N) is 1. The number of hydrogen-bond donors (Lipinski definition) is 2. The lowest BCUT2D eigenvalue weighted by molar-refractivity contribution is -0.136. The maximum atomic E-state index is 10.8. The molecule has 0 spiro atoms. The molecule has 2 heterocycles. The molecule has 1 aliphatic rings. The maximum Gasteiger partial charge on any atom is 0.307 e. The second kappa shape index (κ2) is 7.15. The van der Waals surface area contributed by atoms with Crippen molar-refractivity contribution in [2.75, 3.05) is 18.0 Å². The second-order valence-electron chi connectivity index (χ2n) is 5.90. The highest BCUT2D eigenvalue weighted by molar-refractivity contribution is 6.33. The van der Waals surface area contributed by atoms with Gasteiger partial charge >= 0.3 is 5.97 Å². The van der Waals surface area contributed by atoms with Gasteiger partial charge in [-0.1, -0.05) is 23.7 Å². The monoisotopic (exact) mass is 347 g/mol. The van der Waals surface area contributed by atoms with Crippen LogP contribution in [0.25, 0.3) is 11.1 Å². The molecule has 0 amide bonds. The summed E-state index contributed by atoms with van der Waals surface area (Å²) in [4.78, 5) is 21.5. The largest absolute Gasteiger partial charge is 0.481 e. The fourth-order valence-electron chi connectivity index (χ4n) is 2.84. The van der Waals surface area contributed by atoms with Crippen LogP contribution < -0.4 is 4.90 Å². The first-order chi connectivity index (χ1) is 11.5. The maximum absolute atomic E-state index is 10.8. The third-order valence-corrected chi connectivity index (χ3v) is 4.33. The van der Waals surface area contributed by atoms with Crippen LogP contribution in [-0.2, 0) is 11.2 Å². The van der Waals surface area contributed by atoms with Crippen molar-refractivity contribution in [1.29, 1.82) is 0 Å². The Morgan fingerprint density at radius 3 is 2.71 bits per heavy atom. The van der Waals surface area contributed by atoms with Gasteiger partial charge in [-0.3, -0.25) is 4.79 Å². The van der Waals surface area contributed by atoms with E-state index in [4.69, 9.17) is 16.7 Å². The predicted octanol–water partition coefficient (Wildman–Crippen LogP) is 2.39. The average Bonchev–Trinajstić information content (AvgIpc) is 2.55. The van der Waals surface area contributed by atoms with Gasteiger partial charge in [0.2, 0.25) is 5.95 Å². The van der Waals surface area contributed by atoms with Gasteiger partial charge in [-0.25, -0.2) is 9.97 Å². The summed E-state index contributed by atoms with van der Waals surface area (Å²) < 4.78 is 0. The molecular formula is C17H18ClN3O3. The minimum absolute atomic E-state index is 0.0628. The minimum atomic E-state index is -0.893. The molecule has 2 N–H and O–H groups in total. The summed E-state index contributed by atoms with van der Waals surface area (Å²) in [5.41, 5.74) is 2.18. The van der Waals surface area contributed by atoms with Gasteiger partial charge in [0.15, 0.2) is 0 Å². The van der Waals surface area contributed by atoms with E-state index in [0.29, 0.717) is 23.1 Å². The van der Waals surface area contributed by atoms with Crippen molar-refractivity contribution in [3.05, 3.63) is 41.2 Å². The van der Waals surface area contributed by atoms with Gasteiger partial charge in [0.25, 0.3) is 0 Å². The summed E-state index contributed by atoms with van der Waals surface area (Å²) in [6.45, 7) is 1.38. The van der Waals surface area contributed by atoms with E-state index < -0.39 is 5.97 Å². The van der Waals surface area contributed by atoms with Crippen LogP contribution >= 0.6 is 11.6 Å². The molecule has 1 aromatic carbocycles. The number of rotatable bonds is 4. The summed E-state index contributed by atoms with van der Waals surface area (Å²) in [5.74, 6) is -0.300. The summed E-state index contributed by atoms with van der Waals surface area (Å²) in [6.07, 6.45) is 4.73. The zero-order valence-electron chi connectivity index (χ0n) is 13.0. The minimum Gasteiger partial charge on any atom is -0.481 e. The third kappa shape index (κ3) is 3.83. The highest BCUT2D eigenvalue weighted by atomic mass is 35.5. The molecule has 3 rings (SSSR count). The van der Waals surface area contributed by atoms with Crippen molar-refractivity contribution in [1.82, 2.24) is 9.97 Å². The Labute approximate surface area is 144 Å². The van der Waals surface area contributed by atoms with Gasteiger partial charge in [-0.15, -0.1) is 0 Å². The van der Waals surface area contributed by atoms with Crippen LogP contribution in [0.3, 0.4) is 0 Å². The van der Waals surface area contributed by atoms with Crippen molar-refractivity contribution in [2.24, 2.45) is 0 Å². The molecule has 1 aromatic heterocycles. The van der Waals surface area contributed by atoms with Crippen molar-refractivity contribution < 1.29 is 15.0 Å². The molecule has 24 heavy (non-hydrogen) atoms. The van der Waals surface area contributed by atoms with Crippen molar-refractivity contribution in [2.45, 2.75) is 25.4 Å². The van der Waals surface area contributed by atoms with Crippen LogP contribution in [0.5, 0.6) is 0 Å². The smallest absolute Gasteiger partial charge is 0.307 e. The Hall–Kier alpha value is -2.18. The van der Waals surface area contributed by atoms with Crippen molar-refractivity contribution in [3.63, 3.8) is 0 Å². The number of halogens is 1. The number of carboxylic acid groups (broad SMARTS) is 1. The molecule has 1 aliphatic heterocycles. The summed E-state index contributed by atoms with van der Waals surface area (Å²) in [5, 5.41) is 19.0. The quantitative estimate of drug-likeness (QED) is 0.883. The number of aromatic nitrogens is 2. The molecule has 6 nitrogen and oxygen atoms in total. The van der Waals surface area contributed by atoms with Gasteiger partial charge in [0.05, 0.1) is 12.5 Å². The SMILES string of the molecule is O=C(O)Cc1ccc(-c2cnc(N3CCCC(O)C3)nc2)c(Cl)c1. The van der Waals surface area contributed by atoms with E-state index in [1.165, 1.54) is 0 Å². The second-order valence-corrected chi connectivity index (χ2v) is 6.31. The van der Waals surface area contributed by atoms with Crippen LogP contribution in [0.15, 0.2) is 30.6 Å². The average molecular weight is 348 g/mol. The highest BCUT2D eigenvalue weighted by Gasteiger charge is 2.19. The number of carbonyl (C=O) groups is 1. The Balaban J connectivity index is 1.79. The lowest BCUT2D eigenvalue weighted by Gasteiger charge is -2.29. The fourth-order valence-corrected chi connectivity index (χ4v) is 3.15. The summed E-state index contributed by atoms with van der Waals surface area (Å²) >= 11 is 6.26. The molecule has 2 aromatic rings. The molecule has 1 fully saturated rings. The van der Waals surface area contributed by atoms with Gasteiger partial charge in [0, 0.05) is 41.6 Å². The van der Waals surface area contributed by atoms with E-state index in [2.05, 4.69) is 9.97 Å².